The normalized spacial score (nSPS) is 12.2. The molecule has 0 saturated heterocycles. The zero-order chi connectivity index (χ0) is 10.3. The van der Waals surface area contributed by atoms with E-state index in [0.29, 0.717) is 12.8 Å². The fraction of sp³-hybridized carbons (Fsp3) is 0.778. The highest BCUT2D eigenvalue weighted by Gasteiger charge is 2.05. The minimum absolute atomic E-state index is 0.0596. The molecule has 0 aromatic rings. The van der Waals surface area contributed by atoms with E-state index < -0.39 is 5.97 Å². The van der Waals surface area contributed by atoms with Crippen molar-refractivity contribution in [3.63, 3.8) is 0 Å². The topological polar surface area (TPSA) is 66.4 Å². The van der Waals surface area contributed by atoms with Crippen molar-refractivity contribution >= 4 is 11.9 Å². The molecule has 0 radical (unpaired) electrons. The van der Waals surface area contributed by atoms with Gasteiger partial charge >= 0.3 is 5.97 Å². The van der Waals surface area contributed by atoms with Crippen molar-refractivity contribution in [2.24, 2.45) is 0 Å². The molecule has 2 N–H and O–H groups in total. The summed E-state index contributed by atoms with van der Waals surface area (Å²) in [7, 11) is 0. The maximum absolute atomic E-state index is 11.1. The Hall–Kier alpha value is -1.06. The Morgan fingerprint density at radius 2 is 2.00 bits per heavy atom. The van der Waals surface area contributed by atoms with E-state index in [0.717, 1.165) is 6.42 Å². The molecule has 0 bridgehead atoms. The van der Waals surface area contributed by atoms with Crippen LogP contribution in [0.2, 0.25) is 0 Å². The lowest BCUT2D eigenvalue weighted by Crippen LogP contribution is -2.31. The number of carbonyl (C=O) groups is 2. The van der Waals surface area contributed by atoms with Gasteiger partial charge in [0.05, 0.1) is 0 Å². The molecule has 0 fully saturated rings. The summed E-state index contributed by atoms with van der Waals surface area (Å²) >= 11 is 0. The number of rotatable bonds is 6. The summed E-state index contributed by atoms with van der Waals surface area (Å²) in [5, 5.41) is 11.1. The first-order valence-corrected chi connectivity index (χ1v) is 4.57. The van der Waals surface area contributed by atoms with Gasteiger partial charge in [0.15, 0.2) is 0 Å². The van der Waals surface area contributed by atoms with E-state index in [9.17, 15) is 9.59 Å². The van der Waals surface area contributed by atoms with Gasteiger partial charge in [-0.25, -0.2) is 0 Å². The number of hydrogen-bond donors (Lipinski definition) is 2. The highest BCUT2D eigenvalue weighted by atomic mass is 16.4. The molecule has 0 rings (SSSR count). The van der Waals surface area contributed by atoms with Crippen molar-refractivity contribution in [1.82, 2.24) is 5.32 Å². The average molecular weight is 187 g/mol. The molecular weight excluding hydrogens is 170 g/mol. The van der Waals surface area contributed by atoms with Crippen molar-refractivity contribution in [2.75, 3.05) is 0 Å². The Bertz CT molecular complexity index is 180. The van der Waals surface area contributed by atoms with Crippen LogP contribution in [0.4, 0.5) is 0 Å². The molecule has 0 aliphatic rings. The molecule has 1 amide bonds. The van der Waals surface area contributed by atoms with Gasteiger partial charge in [0.25, 0.3) is 0 Å². The SMILES string of the molecule is CCC(C)NC(=O)CCCC(=O)O. The van der Waals surface area contributed by atoms with Crippen molar-refractivity contribution in [3.8, 4) is 0 Å². The maximum atomic E-state index is 11.1. The van der Waals surface area contributed by atoms with Crippen molar-refractivity contribution in [2.45, 2.75) is 45.6 Å². The zero-order valence-corrected chi connectivity index (χ0v) is 8.17. The summed E-state index contributed by atoms with van der Waals surface area (Å²) in [4.78, 5) is 21.2. The van der Waals surface area contributed by atoms with E-state index in [1.807, 2.05) is 13.8 Å². The number of aliphatic carboxylic acids is 1. The van der Waals surface area contributed by atoms with Crippen molar-refractivity contribution < 1.29 is 14.7 Å². The Morgan fingerprint density at radius 1 is 1.38 bits per heavy atom. The Balaban J connectivity index is 3.46. The van der Waals surface area contributed by atoms with Crippen LogP contribution >= 0.6 is 0 Å². The standard InChI is InChI=1S/C9H17NO3/c1-3-7(2)10-8(11)5-4-6-9(12)13/h7H,3-6H2,1-2H3,(H,10,11)(H,12,13). The summed E-state index contributed by atoms with van der Waals surface area (Å²) < 4.78 is 0. The number of hydrogen-bond acceptors (Lipinski definition) is 2. The van der Waals surface area contributed by atoms with E-state index in [4.69, 9.17) is 5.11 Å². The van der Waals surface area contributed by atoms with Gasteiger partial charge in [-0.3, -0.25) is 9.59 Å². The molecular formula is C9H17NO3. The van der Waals surface area contributed by atoms with E-state index in [1.54, 1.807) is 0 Å². The van der Waals surface area contributed by atoms with Crippen molar-refractivity contribution in [3.05, 3.63) is 0 Å². The number of nitrogens with one attached hydrogen (secondary N) is 1. The van der Waals surface area contributed by atoms with Crippen molar-refractivity contribution in [1.29, 1.82) is 0 Å². The molecule has 0 aromatic heterocycles. The monoisotopic (exact) mass is 187 g/mol. The molecule has 0 aliphatic carbocycles. The minimum atomic E-state index is -0.851. The molecule has 0 spiro atoms. The lowest BCUT2D eigenvalue weighted by atomic mass is 10.2. The maximum Gasteiger partial charge on any atom is 0.303 e. The van der Waals surface area contributed by atoms with Gasteiger partial charge in [-0.1, -0.05) is 6.92 Å². The summed E-state index contributed by atoms with van der Waals surface area (Å²) in [6.45, 7) is 3.91. The lowest BCUT2D eigenvalue weighted by Gasteiger charge is -2.10. The van der Waals surface area contributed by atoms with E-state index in [-0.39, 0.29) is 18.4 Å². The van der Waals surface area contributed by atoms with Crippen LogP contribution in [0.1, 0.15) is 39.5 Å². The highest BCUT2D eigenvalue weighted by Crippen LogP contribution is 1.96. The van der Waals surface area contributed by atoms with Crippen LogP contribution in [0.25, 0.3) is 0 Å². The lowest BCUT2D eigenvalue weighted by molar-refractivity contribution is -0.137. The molecule has 0 saturated carbocycles. The molecule has 76 valence electrons. The number of amides is 1. The van der Waals surface area contributed by atoms with Gasteiger partial charge < -0.3 is 10.4 Å². The molecule has 1 atom stereocenters. The summed E-state index contributed by atoms with van der Waals surface area (Å²) in [6.07, 6.45) is 1.67. The first-order valence-electron chi connectivity index (χ1n) is 4.57. The molecule has 4 nitrogen and oxygen atoms in total. The fourth-order valence-corrected chi connectivity index (χ4v) is 0.849. The third-order valence-electron chi connectivity index (χ3n) is 1.81. The number of carbonyl (C=O) groups excluding carboxylic acids is 1. The fourth-order valence-electron chi connectivity index (χ4n) is 0.849. The minimum Gasteiger partial charge on any atom is -0.481 e. The van der Waals surface area contributed by atoms with Crippen LogP contribution in [0, 0.1) is 0 Å². The first-order chi connectivity index (χ1) is 6.06. The second-order valence-electron chi connectivity index (χ2n) is 3.12. The van der Waals surface area contributed by atoms with Crippen LogP contribution in [-0.2, 0) is 9.59 Å². The Labute approximate surface area is 78.3 Å². The van der Waals surface area contributed by atoms with Gasteiger partial charge in [0, 0.05) is 18.9 Å². The van der Waals surface area contributed by atoms with Crippen LogP contribution in [0.5, 0.6) is 0 Å². The largest absolute Gasteiger partial charge is 0.481 e. The van der Waals surface area contributed by atoms with Crippen LogP contribution in [-0.4, -0.2) is 23.0 Å². The summed E-state index contributed by atoms with van der Waals surface area (Å²) in [6, 6.07) is 0.178. The third kappa shape index (κ3) is 7.31. The van der Waals surface area contributed by atoms with Crippen LogP contribution < -0.4 is 5.32 Å². The predicted octanol–water partition coefficient (Wildman–Crippen LogP) is 1.16. The van der Waals surface area contributed by atoms with Gasteiger partial charge in [-0.2, -0.15) is 0 Å². The number of carboxylic acids is 1. The van der Waals surface area contributed by atoms with E-state index in [1.165, 1.54) is 0 Å². The zero-order valence-electron chi connectivity index (χ0n) is 8.17. The van der Waals surface area contributed by atoms with E-state index >= 15 is 0 Å². The van der Waals surface area contributed by atoms with Crippen LogP contribution in [0.15, 0.2) is 0 Å². The summed E-state index contributed by atoms with van der Waals surface area (Å²) in [5.41, 5.74) is 0. The Morgan fingerprint density at radius 3 is 2.46 bits per heavy atom. The first kappa shape index (κ1) is 11.9. The molecule has 0 aromatic carbocycles. The second-order valence-corrected chi connectivity index (χ2v) is 3.12. The van der Waals surface area contributed by atoms with Crippen LogP contribution in [0.3, 0.4) is 0 Å². The molecule has 4 heteroatoms. The summed E-state index contributed by atoms with van der Waals surface area (Å²) in [5.74, 6) is -0.910. The quantitative estimate of drug-likeness (QED) is 0.655. The van der Waals surface area contributed by atoms with Gasteiger partial charge in [0.2, 0.25) is 5.91 Å². The second kappa shape index (κ2) is 6.46. The number of carboxylic acid groups (broad SMARTS) is 1. The molecule has 0 heterocycles. The third-order valence-corrected chi connectivity index (χ3v) is 1.81. The van der Waals surface area contributed by atoms with Gasteiger partial charge in [0.1, 0.15) is 0 Å². The Kier molecular flexibility index (Phi) is 5.93. The highest BCUT2D eigenvalue weighted by molar-refractivity contribution is 5.76. The van der Waals surface area contributed by atoms with E-state index in [2.05, 4.69) is 5.32 Å². The molecule has 1 unspecified atom stereocenters. The predicted molar refractivity (Wildman–Crippen MR) is 49.4 cm³/mol. The average Bonchev–Trinajstić information content (AvgIpc) is 2.03. The molecule has 0 aliphatic heterocycles. The van der Waals surface area contributed by atoms with Gasteiger partial charge in [-0.15, -0.1) is 0 Å². The smallest absolute Gasteiger partial charge is 0.303 e. The molecule has 13 heavy (non-hydrogen) atoms. The van der Waals surface area contributed by atoms with Gasteiger partial charge in [-0.05, 0) is 19.8 Å².